The molecule has 0 aliphatic carbocycles. The van der Waals surface area contributed by atoms with E-state index in [1.165, 1.54) is 0 Å². The lowest BCUT2D eigenvalue weighted by atomic mass is 9.94. The van der Waals surface area contributed by atoms with Gasteiger partial charge >= 0.3 is 0 Å². The molecule has 4 heteroatoms. The van der Waals surface area contributed by atoms with Crippen molar-refractivity contribution in [2.75, 3.05) is 20.2 Å². The van der Waals surface area contributed by atoms with Gasteiger partial charge in [-0.2, -0.15) is 0 Å². The van der Waals surface area contributed by atoms with Crippen LogP contribution in [0.1, 0.15) is 12.0 Å². The highest BCUT2D eigenvalue weighted by molar-refractivity contribution is 9.10. The Balaban J connectivity index is 2.19. The third-order valence-electron chi connectivity index (χ3n) is 2.99. The summed E-state index contributed by atoms with van der Waals surface area (Å²) in [4.78, 5) is 0. The number of aliphatic hydroxyl groups is 1. The van der Waals surface area contributed by atoms with Crippen LogP contribution in [0.2, 0.25) is 0 Å². The predicted octanol–water partition coefficient (Wildman–Crippen LogP) is 1.72. The molecule has 1 heterocycles. The van der Waals surface area contributed by atoms with Crippen LogP contribution < -0.4 is 10.1 Å². The molecule has 0 spiro atoms. The quantitative estimate of drug-likeness (QED) is 0.889. The summed E-state index contributed by atoms with van der Waals surface area (Å²) in [7, 11) is 1.65. The molecular formula is C12H16BrNO2. The van der Waals surface area contributed by atoms with Gasteiger partial charge in [0.15, 0.2) is 0 Å². The second kappa shape index (κ2) is 4.73. The highest BCUT2D eigenvalue weighted by Crippen LogP contribution is 2.28. The molecule has 2 rings (SSSR count). The van der Waals surface area contributed by atoms with E-state index in [1.807, 2.05) is 18.2 Å². The summed E-state index contributed by atoms with van der Waals surface area (Å²) in [6, 6.07) is 5.84. The molecule has 1 saturated heterocycles. The SMILES string of the molecule is COc1ccc(Br)c(CC2(O)CCNC2)c1. The number of nitrogens with one attached hydrogen (secondary N) is 1. The van der Waals surface area contributed by atoms with Crippen molar-refractivity contribution in [3.8, 4) is 5.75 Å². The normalized spacial score (nSPS) is 24.7. The number of methoxy groups -OCH3 is 1. The number of rotatable bonds is 3. The average Bonchev–Trinajstić information content (AvgIpc) is 2.68. The number of halogens is 1. The van der Waals surface area contributed by atoms with E-state index in [1.54, 1.807) is 7.11 Å². The van der Waals surface area contributed by atoms with E-state index in [4.69, 9.17) is 4.74 Å². The van der Waals surface area contributed by atoms with Crippen LogP contribution in [0, 0.1) is 0 Å². The number of β-amino-alcohol motifs (C(OH)–C–C–N with tert-alkyl or cyclic N) is 1. The van der Waals surface area contributed by atoms with Crippen molar-refractivity contribution in [1.29, 1.82) is 0 Å². The summed E-state index contributed by atoms with van der Waals surface area (Å²) >= 11 is 3.50. The maximum atomic E-state index is 10.3. The Hall–Kier alpha value is -0.580. The summed E-state index contributed by atoms with van der Waals surface area (Å²) in [6.07, 6.45) is 1.45. The minimum absolute atomic E-state index is 0.616. The molecule has 1 aromatic rings. The maximum Gasteiger partial charge on any atom is 0.119 e. The van der Waals surface area contributed by atoms with Gasteiger partial charge in [-0.05, 0) is 36.7 Å². The van der Waals surface area contributed by atoms with Crippen molar-refractivity contribution in [2.24, 2.45) is 0 Å². The van der Waals surface area contributed by atoms with E-state index in [9.17, 15) is 5.11 Å². The first-order valence-electron chi connectivity index (χ1n) is 5.38. The van der Waals surface area contributed by atoms with Gasteiger partial charge in [0.2, 0.25) is 0 Å². The maximum absolute atomic E-state index is 10.3. The first-order chi connectivity index (χ1) is 7.63. The lowest BCUT2D eigenvalue weighted by Crippen LogP contribution is -2.33. The Morgan fingerprint density at radius 2 is 2.38 bits per heavy atom. The molecule has 1 aliphatic heterocycles. The van der Waals surface area contributed by atoms with Crippen molar-refractivity contribution < 1.29 is 9.84 Å². The third-order valence-corrected chi connectivity index (χ3v) is 3.77. The van der Waals surface area contributed by atoms with Crippen molar-refractivity contribution >= 4 is 15.9 Å². The molecule has 1 unspecified atom stereocenters. The van der Waals surface area contributed by atoms with Crippen molar-refractivity contribution in [1.82, 2.24) is 5.32 Å². The molecule has 0 saturated carbocycles. The summed E-state index contributed by atoms with van der Waals surface area (Å²) in [5.74, 6) is 0.827. The Morgan fingerprint density at radius 1 is 1.56 bits per heavy atom. The molecule has 16 heavy (non-hydrogen) atoms. The van der Waals surface area contributed by atoms with E-state index in [2.05, 4.69) is 21.2 Å². The van der Waals surface area contributed by atoms with Crippen LogP contribution in [-0.4, -0.2) is 30.9 Å². The summed E-state index contributed by atoms with van der Waals surface area (Å²) < 4.78 is 6.21. The largest absolute Gasteiger partial charge is 0.497 e. The lowest BCUT2D eigenvalue weighted by Gasteiger charge is -2.22. The van der Waals surface area contributed by atoms with Gasteiger partial charge in [-0.25, -0.2) is 0 Å². The van der Waals surface area contributed by atoms with E-state index in [0.29, 0.717) is 13.0 Å². The van der Waals surface area contributed by atoms with Crippen LogP contribution in [0.15, 0.2) is 22.7 Å². The van der Waals surface area contributed by atoms with Gasteiger partial charge < -0.3 is 15.2 Å². The van der Waals surface area contributed by atoms with E-state index >= 15 is 0 Å². The fourth-order valence-corrected chi connectivity index (χ4v) is 2.44. The second-order valence-corrected chi connectivity index (χ2v) is 5.14. The number of hydrogen-bond donors (Lipinski definition) is 2. The molecule has 1 aromatic carbocycles. The topological polar surface area (TPSA) is 41.5 Å². The zero-order valence-corrected chi connectivity index (χ0v) is 10.9. The zero-order chi connectivity index (χ0) is 11.6. The Kier molecular flexibility index (Phi) is 3.52. The van der Waals surface area contributed by atoms with E-state index in [0.717, 1.165) is 28.8 Å². The Bertz CT molecular complexity index is 375. The molecule has 0 amide bonds. The molecule has 88 valence electrons. The number of ether oxygens (including phenoxy) is 1. The predicted molar refractivity (Wildman–Crippen MR) is 66.8 cm³/mol. The highest BCUT2D eigenvalue weighted by atomic mass is 79.9. The van der Waals surface area contributed by atoms with Gasteiger partial charge in [0.25, 0.3) is 0 Å². The van der Waals surface area contributed by atoms with Crippen LogP contribution in [0.5, 0.6) is 5.75 Å². The third kappa shape index (κ3) is 2.56. The molecule has 0 aromatic heterocycles. The van der Waals surface area contributed by atoms with Crippen molar-refractivity contribution in [3.05, 3.63) is 28.2 Å². The van der Waals surface area contributed by atoms with Gasteiger partial charge in [0.1, 0.15) is 5.75 Å². The lowest BCUT2D eigenvalue weighted by molar-refractivity contribution is 0.0617. The zero-order valence-electron chi connectivity index (χ0n) is 9.29. The molecule has 1 aliphatic rings. The van der Waals surface area contributed by atoms with Gasteiger partial charge in [0, 0.05) is 17.4 Å². The van der Waals surface area contributed by atoms with Crippen molar-refractivity contribution in [3.63, 3.8) is 0 Å². The smallest absolute Gasteiger partial charge is 0.119 e. The summed E-state index contributed by atoms with van der Waals surface area (Å²) in [6.45, 7) is 1.55. The first-order valence-corrected chi connectivity index (χ1v) is 6.18. The first kappa shape index (κ1) is 11.9. The molecule has 2 N–H and O–H groups in total. The van der Waals surface area contributed by atoms with Gasteiger partial charge in [-0.3, -0.25) is 0 Å². The Morgan fingerprint density at radius 3 is 3.00 bits per heavy atom. The molecule has 1 atom stereocenters. The van der Waals surface area contributed by atoms with Gasteiger partial charge in [-0.1, -0.05) is 15.9 Å². The van der Waals surface area contributed by atoms with Gasteiger partial charge in [0.05, 0.1) is 12.7 Å². The highest BCUT2D eigenvalue weighted by Gasteiger charge is 2.31. The van der Waals surface area contributed by atoms with Crippen molar-refractivity contribution in [2.45, 2.75) is 18.4 Å². The van der Waals surface area contributed by atoms with Crippen LogP contribution in [0.25, 0.3) is 0 Å². The minimum Gasteiger partial charge on any atom is -0.497 e. The van der Waals surface area contributed by atoms with Crippen LogP contribution in [-0.2, 0) is 6.42 Å². The fourth-order valence-electron chi connectivity index (χ4n) is 2.05. The standard InChI is InChI=1S/C12H16BrNO2/c1-16-10-2-3-11(13)9(6-10)7-12(15)4-5-14-8-12/h2-3,6,14-15H,4-5,7-8H2,1H3. The second-order valence-electron chi connectivity index (χ2n) is 4.29. The van der Waals surface area contributed by atoms with E-state index in [-0.39, 0.29) is 0 Å². The number of benzene rings is 1. The summed E-state index contributed by atoms with van der Waals surface area (Å²) in [5, 5.41) is 13.5. The fraction of sp³-hybridized carbons (Fsp3) is 0.500. The summed E-state index contributed by atoms with van der Waals surface area (Å²) in [5.41, 5.74) is 0.472. The molecular weight excluding hydrogens is 270 g/mol. The molecule has 0 bridgehead atoms. The molecule has 1 fully saturated rings. The Labute approximate surface area is 104 Å². The molecule has 3 nitrogen and oxygen atoms in total. The van der Waals surface area contributed by atoms with E-state index < -0.39 is 5.60 Å². The molecule has 0 radical (unpaired) electrons. The average molecular weight is 286 g/mol. The minimum atomic E-state index is -0.616. The monoisotopic (exact) mass is 285 g/mol. The van der Waals surface area contributed by atoms with Crippen LogP contribution in [0.4, 0.5) is 0 Å². The van der Waals surface area contributed by atoms with Crippen LogP contribution in [0.3, 0.4) is 0 Å². The van der Waals surface area contributed by atoms with Crippen LogP contribution >= 0.6 is 15.9 Å². The van der Waals surface area contributed by atoms with Gasteiger partial charge in [-0.15, -0.1) is 0 Å². The number of hydrogen-bond acceptors (Lipinski definition) is 3.